The maximum absolute atomic E-state index is 13.2. The van der Waals surface area contributed by atoms with Gasteiger partial charge in [-0.3, -0.25) is 0 Å². The van der Waals surface area contributed by atoms with E-state index in [-0.39, 0.29) is 28.7 Å². The number of nitriles is 1. The van der Waals surface area contributed by atoms with E-state index in [4.69, 9.17) is 21.5 Å². The SMILES string of the molecule is N#Cc1c(N)ncnc1Oc1ccc(N)c(F)c1. The Hall–Kier alpha value is -2.88. The molecule has 0 fully saturated rings. The van der Waals surface area contributed by atoms with Crippen LogP contribution in [-0.4, -0.2) is 9.97 Å². The number of halogens is 1. The Morgan fingerprint density at radius 2 is 2.06 bits per heavy atom. The summed E-state index contributed by atoms with van der Waals surface area (Å²) < 4.78 is 18.5. The van der Waals surface area contributed by atoms with Gasteiger partial charge in [0.15, 0.2) is 5.56 Å². The summed E-state index contributed by atoms with van der Waals surface area (Å²) in [6.07, 6.45) is 1.15. The molecule has 0 atom stereocenters. The van der Waals surface area contributed by atoms with Crippen molar-refractivity contribution in [3.63, 3.8) is 0 Å². The molecule has 90 valence electrons. The average Bonchev–Trinajstić information content (AvgIpc) is 2.34. The smallest absolute Gasteiger partial charge is 0.242 e. The van der Waals surface area contributed by atoms with Gasteiger partial charge in [0.1, 0.15) is 29.8 Å². The van der Waals surface area contributed by atoms with E-state index >= 15 is 0 Å². The monoisotopic (exact) mass is 245 g/mol. The highest BCUT2D eigenvalue weighted by Crippen LogP contribution is 2.26. The summed E-state index contributed by atoms with van der Waals surface area (Å²) in [5.74, 6) is -0.489. The lowest BCUT2D eigenvalue weighted by Crippen LogP contribution is -2.00. The highest BCUT2D eigenvalue weighted by atomic mass is 19.1. The number of benzene rings is 1. The van der Waals surface area contributed by atoms with Crippen molar-refractivity contribution >= 4 is 11.5 Å². The van der Waals surface area contributed by atoms with Gasteiger partial charge in [-0.1, -0.05) is 0 Å². The molecule has 0 saturated heterocycles. The molecule has 0 radical (unpaired) electrons. The Bertz CT molecular complexity index is 638. The van der Waals surface area contributed by atoms with Crippen LogP contribution in [0, 0.1) is 17.1 Å². The maximum Gasteiger partial charge on any atom is 0.242 e. The number of hydrogen-bond donors (Lipinski definition) is 2. The molecule has 6 nitrogen and oxygen atoms in total. The molecule has 18 heavy (non-hydrogen) atoms. The molecule has 1 heterocycles. The van der Waals surface area contributed by atoms with Crippen LogP contribution in [-0.2, 0) is 0 Å². The lowest BCUT2D eigenvalue weighted by Gasteiger charge is -2.07. The molecule has 0 bridgehead atoms. The Kier molecular flexibility index (Phi) is 2.93. The van der Waals surface area contributed by atoms with Crippen molar-refractivity contribution in [2.45, 2.75) is 0 Å². The largest absolute Gasteiger partial charge is 0.437 e. The molecular formula is C11H8FN5O. The van der Waals surface area contributed by atoms with Crippen molar-refractivity contribution in [2.75, 3.05) is 11.5 Å². The minimum atomic E-state index is -0.618. The van der Waals surface area contributed by atoms with E-state index in [0.29, 0.717) is 0 Å². The van der Waals surface area contributed by atoms with Crippen LogP contribution in [0.5, 0.6) is 11.6 Å². The van der Waals surface area contributed by atoms with E-state index in [9.17, 15) is 4.39 Å². The predicted octanol–water partition coefficient (Wildman–Crippen LogP) is 1.44. The van der Waals surface area contributed by atoms with Crippen molar-refractivity contribution in [3.8, 4) is 17.7 Å². The molecule has 0 spiro atoms. The standard InChI is InChI=1S/C11H8FN5O/c12-8-3-6(1-2-9(8)14)18-11-7(4-13)10(15)16-5-17-11/h1-3,5H,14H2,(H2,15,16,17). The normalized spacial score (nSPS) is 9.78. The van der Waals surface area contributed by atoms with E-state index in [1.54, 1.807) is 0 Å². The lowest BCUT2D eigenvalue weighted by atomic mass is 10.3. The van der Waals surface area contributed by atoms with Gasteiger partial charge in [0.05, 0.1) is 5.69 Å². The predicted molar refractivity (Wildman–Crippen MR) is 62.0 cm³/mol. The zero-order chi connectivity index (χ0) is 13.1. The molecule has 1 aromatic heterocycles. The number of nitrogens with two attached hydrogens (primary N) is 2. The molecule has 2 aromatic rings. The zero-order valence-electron chi connectivity index (χ0n) is 9.09. The zero-order valence-corrected chi connectivity index (χ0v) is 9.09. The Morgan fingerprint density at radius 1 is 1.28 bits per heavy atom. The summed E-state index contributed by atoms with van der Waals surface area (Å²) in [5, 5.41) is 8.89. The van der Waals surface area contributed by atoms with Crippen molar-refractivity contribution < 1.29 is 9.13 Å². The lowest BCUT2D eigenvalue weighted by molar-refractivity contribution is 0.456. The van der Waals surface area contributed by atoms with E-state index in [0.717, 1.165) is 12.4 Å². The van der Waals surface area contributed by atoms with Gasteiger partial charge in [-0.25, -0.2) is 14.4 Å². The number of hydrogen-bond acceptors (Lipinski definition) is 6. The van der Waals surface area contributed by atoms with E-state index in [2.05, 4.69) is 9.97 Å². The van der Waals surface area contributed by atoms with Crippen LogP contribution in [0.3, 0.4) is 0 Å². The third-order valence-corrected chi connectivity index (χ3v) is 2.14. The Balaban J connectivity index is 2.37. The number of aromatic nitrogens is 2. The van der Waals surface area contributed by atoms with Crippen LogP contribution in [0.1, 0.15) is 5.56 Å². The summed E-state index contributed by atoms with van der Waals surface area (Å²) in [5.41, 5.74) is 10.8. The number of ether oxygens (including phenoxy) is 1. The van der Waals surface area contributed by atoms with Gasteiger partial charge in [0.2, 0.25) is 5.88 Å². The second-order valence-electron chi connectivity index (χ2n) is 3.34. The molecule has 2 rings (SSSR count). The van der Waals surface area contributed by atoms with Gasteiger partial charge in [0, 0.05) is 6.07 Å². The fourth-order valence-corrected chi connectivity index (χ4v) is 1.25. The third-order valence-electron chi connectivity index (χ3n) is 2.14. The minimum absolute atomic E-state index is 0.00147. The van der Waals surface area contributed by atoms with Crippen molar-refractivity contribution in [1.82, 2.24) is 9.97 Å². The molecular weight excluding hydrogens is 237 g/mol. The van der Waals surface area contributed by atoms with Gasteiger partial charge in [-0.05, 0) is 12.1 Å². The number of rotatable bonds is 2. The molecule has 0 amide bonds. The fraction of sp³-hybridized carbons (Fsp3) is 0. The van der Waals surface area contributed by atoms with Crippen LogP contribution in [0.2, 0.25) is 0 Å². The summed E-state index contributed by atoms with van der Waals surface area (Å²) in [4.78, 5) is 7.42. The van der Waals surface area contributed by atoms with Crippen LogP contribution in [0.15, 0.2) is 24.5 Å². The summed E-state index contributed by atoms with van der Waals surface area (Å²) in [6, 6.07) is 5.71. The topological polar surface area (TPSA) is 111 Å². The first-order valence-electron chi connectivity index (χ1n) is 4.85. The van der Waals surface area contributed by atoms with Gasteiger partial charge >= 0.3 is 0 Å². The first kappa shape index (κ1) is 11.6. The van der Waals surface area contributed by atoms with Gasteiger partial charge < -0.3 is 16.2 Å². The van der Waals surface area contributed by atoms with Crippen molar-refractivity contribution in [2.24, 2.45) is 0 Å². The molecule has 0 saturated carbocycles. The Labute approximate surface area is 102 Å². The summed E-state index contributed by atoms with van der Waals surface area (Å²) in [7, 11) is 0. The van der Waals surface area contributed by atoms with Crippen molar-refractivity contribution in [1.29, 1.82) is 5.26 Å². The van der Waals surface area contributed by atoms with Crippen LogP contribution in [0.4, 0.5) is 15.9 Å². The van der Waals surface area contributed by atoms with Crippen LogP contribution >= 0.6 is 0 Å². The molecule has 0 aliphatic rings. The van der Waals surface area contributed by atoms with Crippen LogP contribution in [0.25, 0.3) is 0 Å². The second-order valence-corrected chi connectivity index (χ2v) is 3.34. The fourth-order valence-electron chi connectivity index (χ4n) is 1.25. The second kappa shape index (κ2) is 4.55. The minimum Gasteiger partial charge on any atom is -0.437 e. The van der Waals surface area contributed by atoms with E-state index in [1.807, 2.05) is 6.07 Å². The van der Waals surface area contributed by atoms with E-state index in [1.165, 1.54) is 12.1 Å². The maximum atomic E-state index is 13.2. The highest BCUT2D eigenvalue weighted by molar-refractivity contribution is 5.54. The Morgan fingerprint density at radius 3 is 2.72 bits per heavy atom. The quantitative estimate of drug-likeness (QED) is 0.774. The van der Waals surface area contributed by atoms with Crippen LogP contribution < -0.4 is 16.2 Å². The van der Waals surface area contributed by atoms with Gasteiger partial charge in [-0.15, -0.1) is 0 Å². The molecule has 1 aromatic carbocycles. The first-order valence-corrected chi connectivity index (χ1v) is 4.85. The summed E-state index contributed by atoms with van der Waals surface area (Å²) >= 11 is 0. The molecule has 7 heteroatoms. The van der Waals surface area contributed by atoms with Gasteiger partial charge in [0.25, 0.3) is 0 Å². The van der Waals surface area contributed by atoms with E-state index < -0.39 is 5.82 Å². The highest BCUT2D eigenvalue weighted by Gasteiger charge is 2.11. The van der Waals surface area contributed by atoms with Gasteiger partial charge in [-0.2, -0.15) is 5.26 Å². The molecule has 0 aliphatic carbocycles. The average molecular weight is 245 g/mol. The summed E-state index contributed by atoms with van der Waals surface area (Å²) in [6.45, 7) is 0. The first-order chi connectivity index (χ1) is 8.61. The number of nitrogens with zero attached hydrogens (tertiary/aromatic N) is 3. The van der Waals surface area contributed by atoms with Crippen molar-refractivity contribution in [3.05, 3.63) is 35.9 Å². The number of nitrogen functional groups attached to an aromatic ring is 2. The molecule has 0 unspecified atom stereocenters. The third kappa shape index (κ3) is 2.12. The molecule has 0 aliphatic heterocycles. The molecule has 4 N–H and O–H groups in total. The number of anilines is 2.